The van der Waals surface area contributed by atoms with E-state index in [0.29, 0.717) is 16.6 Å². The van der Waals surface area contributed by atoms with E-state index in [1.54, 1.807) is 12.3 Å². The number of hydrogen-bond donors (Lipinski definition) is 0. The number of pyridine rings is 1. The molecule has 0 saturated carbocycles. The third-order valence-electron chi connectivity index (χ3n) is 4.12. The highest BCUT2D eigenvalue weighted by molar-refractivity contribution is 6.32. The van der Waals surface area contributed by atoms with Gasteiger partial charge in [-0.05, 0) is 45.1 Å². The molecule has 3 heterocycles. The molecule has 2 aromatic heterocycles. The summed E-state index contributed by atoms with van der Waals surface area (Å²) in [6.07, 6.45) is 3.87. The van der Waals surface area contributed by atoms with Gasteiger partial charge in [-0.1, -0.05) is 11.6 Å². The van der Waals surface area contributed by atoms with E-state index >= 15 is 0 Å². The molecule has 112 valence electrons. The normalized spacial score (nSPS) is 17.3. The van der Waals surface area contributed by atoms with Crippen molar-refractivity contribution in [3.63, 3.8) is 0 Å². The molecule has 0 aliphatic carbocycles. The Bertz CT molecular complexity index is 675. The van der Waals surface area contributed by atoms with E-state index in [2.05, 4.69) is 16.9 Å². The summed E-state index contributed by atoms with van der Waals surface area (Å²) in [5.41, 5.74) is 1.34. The molecule has 6 heteroatoms. The lowest BCUT2D eigenvalue weighted by atomic mass is 9.96. The van der Waals surface area contributed by atoms with Crippen LogP contribution in [0, 0.1) is 0 Å². The molecule has 0 spiro atoms. The highest BCUT2D eigenvalue weighted by atomic mass is 35.5. The minimum atomic E-state index is -0.351. The number of carbonyl (C=O) groups is 1. The van der Waals surface area contributed by atoms with Crippen LogP contribution >= 0.6 is 11.6 Å². The number of piperidine rings is 1. The first kappa shape index (κ1) is 14.4. The van der Waals surface area contributed by atoms with Gasteiger partial charge >= 0.3 is 5.97 Å². The van der Waals surface area contributed by atoms with E-state index in [1.165, 1.54) is 7.11 Å². The van der Waals surface area contributed by atoms with Gasteiger partial charge in [0.05, 0.1) is 18.2 Å². The lowest BCUT2D eigenvalue weighted by Crippen LogP contribution is -2.30. The molecular formula is C15H18ClN3O2. The zero-order valence-electron chi connectivity index (χ0n) is 12.2. The molecular weight excluding hydrogens is 290 g/mol. The van der Waals surface area contributed by atoms with E-state index in [9.17, 15) is 4.79 Å². The summed E-state index contributed by atoms with van der Waals surface area (Å²) in [6.45, 7) is 2.10. The predicted octanol–water partition coefficient (Wildman–Crippen LogP) is 2.58. The van der Waals surface area contributed by atoms with Crippen LogP contribution in [-0.2, 0) is 4.74 Å². The number of halogens is 1. The van der Waals surface area contributed by atoms with Crippen LogP contribution < -0.4 is 0 Å². The van der Waals surface area contributed by atoms with Crippen LogP contribution in [0.4, 0.5) is 0 Å². The summed E-state index contributed by atoms with van der Waals surface area (Å²) in [5.74, 6) is 0.957. The van der Waals surface area contributed by atoms with Crippen LogP contribution in [0.25, 0.3) is 5.52 Å². The number of likely N-dealkylation sites (tertiary alicyclic amines) is 1. The summed E-state index contributed by atoms with van der Waals surface area (Å²) in [7, 11) is 3.51. The molecule has 1 saturated heterocycles. The monoisotopic (exact) mass is 307 g/mol. The van der Waals surface area contributed by atoms with Crippen molar-refractivity contribution in [1.29, 1.82) is 0 Å². The third-order valence-corrected chi connectivity index (χ3v) is 4.40. The van der Waals surface area contributed by atoms with Crippen molar-refractivity contribution < 1.29 is 9.53 Å². The topological polar surface area (TPSA) is 46.8 Å². The average Bonchev–Trinajstić information content (AvgIpc) is 2.84. The fourth-order valence-corrected chi connectivity index (χ4v) is 3.10. The molecule has 1 aliphatic heterocycles. The Hall–Kier alpha value is -1.59. The minimum absolute atomic E-state index is 0.351. The number of hydrogen-bond acceptors (Lipinski definition) is 4. The van der Waals surface area contributed by atoms with Gasteiger partial charge in [0.1, 0.15) is 5.82 Å². The van der Waals surface area contributed by atoms with Crippen molar-refractivity contribution in [1.82, 2.24) is 14.3 Å². The second-order valence-corrected chi connectivity index (χ2v) is 5.86. The van der Waals surface area contributed by atoms with E-state index in [1.807, 2.05) is 10.5 Å². The molecule has 0 amide bonds. The Balaban J connectivity index is 2.03. The van der Waals surface area contributed by atoms with E-state index in [-0.39, 0.29) is 5.97 Å². The van der Waals surface area contributed by atoms with Gasteiger partial charge in [0.2, 0.25) is 0 Å². The van der Waals surface area contributed by atoms with Gasteiger partial charge in [-0.15, -0.1) is 0 Å². The molecule has 0 radical (unpaired) electrons. The first-order chi connectivity index (χ1) is 10.1. The van der Waals surface area contributed by atoms with E-state index in [0.717, 1.165) is 37.3 Å². The zero-order valence-corrected chi connectivity index (χ0v) is 12.9. The maximum atomic E-state index is 11.7. The number of nitrogens with zero attached hydrogens (tertiary/aromatic N) is 3. The quantitative estimate of drug-likeness (QED) is 0.800. The number of ether oxygens (including phenoxy) is 1. The van der Waals surface area contributed by atoms with Crippen LogP contribution in [0.3, 0.4) is 0 Å². The van der Waals surface area contributed by atoms with E-state index in [4.69, 9.17) is 16.3 Å². The highest BCUT2D eigenvalue weighted by Gasteiger charge is 2.24. The van der Waals surface area contributed by atoms with Gasteiger partial charge in [-0.2, -0.15) is 0 Å². The number of imidazole rings is 1. The maximum Gasteiger partial charge on any atom is 0.339 e. The van der Waals surface area contributed by atoms with Crippen molar-refractivity contribution >= 4 is 23.1 Å². The Labute approximate surface area is 128 Å². The lowest BCUT2D eigenvalue weighted by Gasteiger charge is -2.28. The van der Waals surface area contributed by atoms with Crippen molar-refractivity contribution in [2.45, 2.75) is 18.8 Å². The fraction of sp³-hybridized carbons (Fsp3) is 0.467. The molecule has 0 N–H and O–H groups in total. The molecule has 1 fully saturated rings. The SMILES string of the molecule is COC(=O)c1ccc2c(Cl)nc(C3CCN(C)CC3)n2c1. The molecule has 0 aromatic carbocycles. The maximum absolute atomic E-state index is 11.7. The summed E-state index contributed by atoms with van der Waals surface area (Å²) in [4.78, 5) is 18.5. The number of carbonyl (C=O) groups excluding carboxylic acids is 1. The number of rotatable bonds is 2. The van der Waals surface area contributed by atoms with Crippen molar-refractivity contribution in [3.05, 3.63) is 34.9 Å². The Morgan fingerprint density at radius 3 is 2.76 bits per heavy atom. The molecule has 21 heavy (non-hydrogen) atoms. The first-order valence-corrected chi connectivity index (χ1v) is 7.42. The van der Waals surface area contributed by atoms with Crippen LogP contribution in [0.2, 0.25) is 5.15 Å². The summed E-state index contributed by atoms with van der Waals surface area (Å²) < 4.78 is 6.71. The van der Waals surface area contributed by atoms with Gasteiger partial charge in [-0.25, -0.2) is 9.78 Å². The number of methoxy groups -OCH3 is 1. The zero-order chi connectivity index (χ0) is 15.0. The summed E-state index contributed by atoms with van der Waals surface area (Å²) >= 11 is 6.23. The van der Waals surface area contributed by atoms with Crippen LogP contribution in [0.15, 0.2) is 18.3 Å². The second kappa shape index (κ2) is 5.66. The number of esters is 1. The van der Waals surface area contributed by atoms with Gasteiger partial charge in [0, 0.05) is 12.1 Å². The molecule has 0 bridgehead atoms. The molecule has 2 aromatic rings. The van der Waals surface area contributed by atoms with Gasteiger partial charge < -0.3 is 14.0 Å². The van der Waals surface area contributed by atoms with Crippen molar-refractivity contribution in [2.24, 2.45) is 0 Å². The molecule has 3 rings (SSSR count). The van der Waals surface area contributed by atoms with E-state index < -0.39 is 0 Å². The third kappa shape index (κ3) is 2.63. The minimum Gasteiger partial charge on any atom is -0.465 e. The van der Waals surface area contributed by atoms with Gasteiger partial charge in [0.25, 0.3) is 0 Å². The van der Waals surface area contributed by atoms with Gasteiger partial charge in [0.15, 0.2) is 5.15 Å². The smallest absolute Gasteiger partial charge is 0.339 e. The average molecular weight is 308 g/mol. The molecule has 1 aliphatic rings. The number of fused-ring (bicyclic) bond motifs is 1. The standard InChI is InChI=1S/C15H18ClN3O2/c1-18-7-5-10(6-8-18)14-17-13(16)12-4-3-11(9-19(12)14)15(20)21-2/h3-4,9-10H,5-8H2,1-2H3. The van der Waals surface area contributed by atoms with Crippen molar-refractivity contribution in [2.75, 3.05) is 27.2 Å². The van der Waals surface area contributed by atoms with Crippen LogP contribution in [0.5, 0.6) is 0 Å². The van der Waals surface area contributed by atoms with Gasteiger partial charge in [-0.3, -0.25) is 0 Å². The first-order valence-electron chi connectivity index (χ1n) is 7.04. The largest absolute Gasteiger partial charge is 0.465 e. The predicted molar refractivity (Wildman–Crippen MR) is 81.0 cm³/mol. The van der Waals surface area contributed by atoms with Crippen LogP contribution in [-0.4, -0.2) is 47.5 Å². The second-order valence-electron chi connectivity index (χ2n) is 5.50. The Kier molecular flexibility index (Phi) is 3.87. The summed E-state index contributed by atoms with van der Waals surface area (Å²) in [5, 5.41) is 0.486. The lowest BCUT2D eigenvalue weighted by molar-refractivity contribution is 0.0600. The fourth-order valence-electron chi connectivity index (χ4n) is 2.86. The van der Waals surface area contributed by atoms with Crippen molar-refractivity contribution in [3.8, 4) is 0 Å². The Morgan fingerprint density at radius 2 is 2.10 bits per heavy atom. The summed E-state index contributed by atoms with van der Waals surface area (Å²) in [6, 6.07) is 3.53. The number of aromatic nitrogens is 2. The highest BCUT2D eigenvalue weighted by Crippen LogP contribution is 2.30. The molecule has 5 nitrogen and oxygen atoms in total. The van der Waals surface area contributed by atoms with Crippen LogP contribution in [0.1, 0.15) is 34.9 Å². The molecule has 0 unspecified atom stereocenters. The molecule has 0 atom stereocenters. The Morgan fingerprint density at radius 1 is 1.38 bits per heavy atom.